The Morgan fingerprint density at radius 1 is 1.17 bits per heavy atom. The Kier molecular flexibility index (Phi) is 5.81. The van der Waals surface area contributed by atoms with Crippen molar-refractivity contribution in [1.82, 2.24) is 10.6 Å². The van der Waals surface area contributed by atoms with Crippen molar-refractivity contribution in [3.8, 4) is 0 Å². The highest BCUT2D eigenvalue weighted by atomic mass is 32.2. The molecule has 1 heterocycles. The molecule has 5 unspecified atom stereocenters. The second-order valence-electron chi connectivity index (χ2n) is 7.33. The van der Waals surface area contributed by atoms with E-state index in [0.29, 0.717) is 11.8 Å². The predicted octanol–water partition coefficient (Wildman–Crippen LogP) is 0.937. The summed E-state index contributed by atoms with van der Waals surface area (Å²) in [5.41, 5.74) is 6.43. The molecule has 0 radical (unpaired) electrons. The van der Waals surface area contributed by atoms with Crippen LogP contribution in [0.5, 0.6) is 0 Å². The predicted molar refractivity (Wildman–Crippen MR) is 93.2 cm³/mol. The lowest BCUT2D eigenvalue weighted by Crippen LogP contribution is -2.49. The molecule has 1 aliphatic heterocycles. The molecule has 0 aromatic carbocycles. The van der Waals surface area contributed by atoms with E-state index in [1.165, 1.54) is 43.9 Å². The number of thioether (sulfide) groups is 1. The third-order valence-electron chi connectivity index (χ3n) is 5.64. The molecule has 4 N–H and O–H groups in total. The van der Waals surface area contributed by atoms with Gasteiger partial charge in [0.05, 0.1) is 11.0 Å². The number of rotatable bonds is 4. The van der Waals surface area contributed by atoms with E-state index in [2.05, 4.69) is 10.6 Å². The molecule has 0 spiro atoms. The summed E-state index contributed by atoms with van der Waals surface area (Å²) in [4.78, 5) is 35.0. The van der Waals surface area contributed by atoms with Crippen LogP contribution in [0.15, 0.2) is 0 Å². The van der Waals surface area contributed by atoms with Gasteiger partial charge >= 0.3 is 0 Å². The molecule has 2 bridgehead atoms. The summed E-state index contributed by atoms with van der Waals surface area (Å²) in [6.07, 6.45) is 8.64. The Balaban J connectivity index is 1.51. The number of hydrogen-bond acceptors (Lipinski definition) is 5. The van der Waals surface area contributed by atoms with Crippen LogP contribution in [-0.4, -0.2) is 40.8 Å². The molecular weight excluding hydrogens is 326 g/mol. The van der Waals surface area contributed by atoms with E-state index in [9.17, 15) is 14.4 Å². The van der Waals surface area contributed by atoms with Crippen LogP contribution in [0, 0.1) is 11.8 Å². The van der Waals surface area contributed by atoms with Gasteiger partial charge in [-0.1, -0.05) is 25.7 Å². The first kappa shape index (κ1) is 17.7. The van der Waals surface area contributed by atoms with Crippen LogP contribution in [0.2, 0.25) is 0 Å². The number of imide groups is 1. The standard InChI is InChI=1S/C17H27N3O3S/c18-15-10-5-3-1-2-4-6-11(7-10)16(15)19-14(22)9-24-12-8-13(21)20-17(12)23/h10-12,15-16H,1-9,18H2,(H,19,22)(H,20,21,23). The molecule has 6 nitrogen and oxygen atoms in total. The minimum absolute atomic E-state index is 0.0402. The summed E-state index contributed by atoms with van der Waals surface area (Å²) in [6.45, 7) is 0. The Hall–Kier alpha value is -1.08. The first-order valence-electron chi connectivity index (χ1n) is 9.05. The molecular formula is C17H27N3O3S. The van der Waals surface area contributed by atoms with Crippen molar-refractivity contribution in [3.63, 3.8) is 0 Å². The molecule has 3 aliphatic rings. The van der Waals surface area contributed by atoms with E-state index in [0.717, 1.165) is 12.8 Å². The van der Waals surface area contributed by atoms with Crippen LogP contribution in [0.1, 0.15) is 51.4 Å². The molecule has 0 aromatic heterocycles. The average molecular weight is 353 g/mol. The van der Waals surface area contributed by atoms with Crippen LogP contribution >= 0.6 is 11.8 Å². The van der Waals surface area contributed by atoms with Gasteiger partial charge < -0.3 is 11.1 Å². The lowest BCUT2D eigenvalue weighted by Gasteiger charge is -2.26. The third-order valence-corrected chi connectivity index (χ3v) is 6.85. The minimum atomic E-state index is -0.436. The summed E-state index contributed by atoms with van der Waals surface area (Å²) < 4.78 is 0. The van der Waals surface area contributed by atoms with Gasteiger partial charge in [-0.3, -0.25) is 19.7 Å². The first-order valence-corrected chi connectivity index (χ1v) is 10.1. The maximum Gasteiger partial charge on any atom is 0.240 e. The van der Waals surface area contributed by atoms with Gasteiger partial charge in [0.1, 0.15) is 0 Å². The van der Waals surface area contributed by atoms with Crippen molar-refractivity contribution in [1.29, 1.82) is 0 Å². The van der Waals surface area contributed by atoms with Crippen LogP contribution in [0.4, 0.5) is 0 Å². The number of carbonyl (C=O) groups is 3. The highest BCUT2D eigenvalue weighted by Crippen LogP contribution is 2.38. The lowest BCUT2D eigenvalue weighted by atomic mass is 9.94. The molecule has 3 fully saturated rings. The zero-order chi connectivity index (χ0) is 17.1. The molecule has 134 valence electrons. The summed E-state index contributed by atoms with van der Waals surface area (Å²) >= 11 is 1.24. The smallest absolute Gasteiger partial charge is 0.240 e. The van der Waals surface area contributed by atoms with Crippen LogP contribution in [0.25, 0.3) is 0 Å². The molecule has 24 heavy (non-hydrogen) atoms. The summed E-state index contributed by atoms with van der Waals surface area (Å²) in [6, 6.07) is 0.0960. The van der Waals surface area contributed by atoms with Crippen LogP contribution in [0.3, 0.4) is 0 Å². The lowest BCUT2D eigenvalue weighted by molar-refractivity contribution is -0.124. The zero-order valence-electron chi connectivity index (χ0n) is 14.0. The Morgan fingerprint density at radius 2 is 1.88 bits per heavy atom. The van der Waals surface area contributed by atoms with Crippen molar-refractivity contribution in [3.05, 3.63) is 0 Å². The van der Waals surface area contributed by atoms with Gasteiger partial charge in [0, 0.05) is 18.5 Å². The van der Waals surface area contributed by atoms with Gasteiger partial charge in [0.2, 0.25) is 17.7 Å². The fourth-order valence-corrected chi connectivity index (χ4v) is 5.27. The molecule has 2 aliphatic carbocycles. The summed E-state index contributed by atoms with van der Waals surface area (Å²) in [5.74, 6) is 0.586. The van der Waals surface area contributed by atoms with Crippen molar-refractivity contribution in [2.75, 3.05) is 5.75 Å². The normalized spacial score (nSPS) is 36.6. The largest absolute Gasteiger partial charge is 0.351 e. The fourth-order valence-electron chi connectivity index (χ4n) is 4.36. The first-order chi connectivity index (χ1) is 11.5. The second kappa shape index (κ2) is 7.87. The maximum absolute atomic E-state index is 12.3. The summed E-state index contributed by atoms with van der Waals surface area (Å²) in [5, 5.41) is 4.96. The molecule has 3 rings (SSSR count). The Bertz CT molecular complexity index is 513. The fraction of sp³-hybridized carbons (Fsp3) is 0.824. The molecule has 1 saturated heterocycles. The van der Waals surface area contributed by atoms with Gasteiger partial charge in [0.15, 0.2) is 0 Å². The highest BCUT2D eigenvalue weighted by molar-refractivity contribution is 8.01. The van der Waals surface area contributed by atoms with E-state index in [-0.39, 0.29) is 42.0 Å². The molecule has 2 saturated carbocycles. The van der Waals surface area contributed by atoms with E-state index in [1.807, 2.05) is 0 Å². The minimum Gasteiger partial charge on any atom is -0.351 e. The molecule has 3 amide bonds. The van der Waals surface area contributed by atoms with E-state index in [1.54, 1.807) is 0 Å². The van der Waals surface area contributed by atoms with E-state index < -0.39 is 5.25 Å². The Morgan fingerprint density at radius 3 is 2.54 bits per heavy atom. The topological polar surface area (TPSA) is 101 Å². The quantitative estimate of drug-likeness (QED) is 0.653. The van der Waals surface area contributed by atoms with Gasteiger partial charge in [-0.2, -0.15) is 0 Å². The van der Waals surface area contributed by atoms with Gasteiger partial charge in [-0.15, -0.1) is 11.8 Å². The average Bonchev–Trinajstić information content (AvgIpc) is 3.05. The monoisotopic (exact) mass is 353 g/mol. The van der Waals surface area contributed by atoms with Crippen molar-refractivity contribution < 1.29 is 14.4 Å². The zero-order valence-corrected chi connectivity index (χ0v) is 14.8. The SMILES string of the molecule is NC1C2CCCCCCC(C2)C1NC(=O)CSC1CC(=O)NC1=O. The van der Waals surface area contributed by atoms with Crippen LogP contribution in [-0.2, 0) is 14.4 Å². The third kappa shape index (κ3) is 4.11. The molecule has 0 aromatic rings. The van der Waals surface area contributed by atoms with Crippen LogP contribution < -0.4 is 16.4 Å². The molecule has 5 atom stereocenters. The number of amides is 3. The van der Waals surface area contributed by atoms with Crippen molar-refractivity contribution in [2.45, 2.75) is 68.7 Å². The second-order valence-corrected chi connectivity index (χ2v) is 8.53. The number of fused-ring (bicyclic) bond motifs is 2. The summed E-state index contributed by atoms with van der Waals surface area (Å²) in [7, 11) is 0. The van der Waals surface area contributed by atoms with E-state index in [4.69, 9.17) is 5.73 Å². The van der Waals surface area contributed by atoms with Crippen molar-refractivity contribution in [2.24, 2.45) is 17.6 Å². The van der Waals surface area contributed by atoms with Gasteiger partial charge in [-0.25, -0.2) is 0 Å². The molecule has 7 heteroatoms. The number of nitrogens with two attached hydrogens (primary N) is 1. The maximum atomic E-state index is 12.3. The number of hydrogen-bond donors (Lipinski definition) is 3. The number of nitrogens with one attached hydrogen (secondary N) is 2. The van der Waals surface area contributed by atoms with Crippen molar-refractivity contribution >= 4 is 29.5 Å². The number of carbonyl (C=O) groups excluding carboxylic acids is 3. The van der Waals surface area contributed by atoms with Gasteiger partial charge in [0.25, 0.3) is 0 Å². The highest BCUT2D eigenvalue weighted by Gasteiger charge is 2.41. The van der Waals surface area contributed by atoms with Gasteiger partial charge in [-0.05, 0) is 31.1 Å². The van der Waals surface area contributed by atoms with E-state index >= 15 is 0 Å². The Labute approximate surface area is 147 Å².